The van der Waals surface area contributed by atoms with Crippen molar-refractivity contribution in [3.05, 3.63) is 53.6 Å². The fourth-order valence-electron chi connectivity index (χ4n) is 2.29. The van der Waals surface area contributed by atoms with Gasteiger partial charge in [-0.15, -0.1) is 5.10 Å². The number of hydrogen-bond donors (Lipinski definition) is 1. The summed E-state index contributed by atoms with van der Waals surface area (Å²) in [4.78, 5) is 12.6. The van der Waals surface area contributed by atoms with E-state index in [-0.39, 0.29) is 11.1 Å². The Morgan fingerprint density at radius 2 is 1.87 bits per heavy atom. The first kappa shape index (κ1) is 13.6. The molecule has 0 saturated heterocycles. The highest BCUT2D eigenvalue weighted by Crippen LogP contribution is 2.19. The Labute approximate surface area is 135 Å². The summed E-state index contributed by atoms with van der Waals surface area (Å²) in [7, 11) is 0. The summed E-state index contributed by atoms with van der Waals surface area (Å²) in [5, 5.41) is 8.25. The Morgan fingerprint density at radius 1 is 1.04 bits per heavy atom. The van der Waals surface area contributed by atoms with E-state index in [4.69, 9.17) is 17.3 Å². The largest absolute Gasteiger partial charge is 0.368 e. The fraction of sp³-hybridized carbons (Fsp3) is 0.0714. The second-order valence-corrected chi connectivity index (χ2v) is 5.23. The third-order valence-corrected chi connectivity index (χ3v) is 3.57. The Hall–Kier alpha value is -3.00. The van der Waals surface area contributed by atoms with E-state index in [2.05, 4.69) is 25.3 Å². The molecule has 0 aromatic carbocycles. The van der Waals surface area contributed by atoms with E-state index in [0.29, 0.717) is 17.7 Å². The SMILES string of the molecule is Nc1nc(Cl)c2nnn(Cc3cccc(-n4cccc4)n3)c2n1. The highest BCUT2D eigenvalue weighted by atomic mass is 35.5. The summed E-state index contributed by atoms with van der Waals surface area (Å²) in [6.45, 7) is 0.401. The minimum Gasteiger partial charge on any atom is -0.368 e. The van der Waals surface area contributed by atoms with Crippen LogP contribution in [0.5, 0.6) is 0 Å². The maximum atomic E-state index is 6.01. The second-order valence-electron chi connectivity index (χ2n) is 4.87. The molecule has 2 N–H and O–H groups in total. The summed E-state index contributed by atoms with van der Waals surface area (Å²) in [5.41, 5.74) is 7.36. The van der Waals surface area contributed by atoms with Crippen molar-refractivity contribution >= 4 is 28.7 Å². The number of pyridine rings is 1. The fourth-order valence-corrected chi connectivity index (χ4v) is 2.49. The molecule has 0 aliphatic heterocycles. The molecular weight excluding hydrogens is 316 g/mol. The summed E-state index contributed by atoms with van der Waals surface area (Å²) >= 11 is 6.01. The zero-order valence-corrected chi connectivity index (χ0v) is 12.6. The summed E-state index contributed by atoms with van der Waals surface area (Å²) in [6.07, 6.45) is 3.87. The van der Waals surface area contributed by atoms with Crippen LogP contribution in [-0.2, 0) is 6.54 Å². The Bertz CT molecular complexity index is 976. The van der Waals surface area contributed by atoms with Crippen molar-refractivity contribution in [3.8, 4) is 5.82 Å². The van der Waals surface area contributed by atoms with Crippen LogP contribution < -0.4 is 5.73 Å². The lowest BCUT2D eigenvalue weighted by atomic mass is 10.3. The molecule has 4 rings (SSSR count). The highest BCUT2D eigenvalue weighted by Gasteiger charge is 2.13. The van der Waals surface area contributed by atoms with E-state index in [1.165, 1.54) is 0 Å². The van der Waals surface area contributed by atoms with E-state index >= 15 is 0 Å². The van der Waals surface area contributed by atoms with Crippen molar-refractivity contribution in [2.24, 2.45) is 0 Å². The van der Waals surface area contributed by atoms with Crippen LogP contribution >= 0.6 is 11.6 Å². The summed E-state index contributed by atoms with van der Waals surface area (Å²) in [5.74, 6) is 0.907. The average molecular weight is 327 g/mol. The van der Waals surface area contributed by atoms with Gasteiger partial charge in [0.1, 0.15) is 5.82 Å². The van der Waals surface area contributed by atoms with Crippen LogP contribution in [0.4, 0.5) is 5.95 Å². The van der Waals surface area contributed by atoms with Gasteiger partial charge in [0.05, 0.1) is 12.2 Å². The molecule has 0 bridgehead atoms. The van der Waals surface area contributed by atoms with Crippen molar-refractivity contribution < 1.29 is 0 Å². The molecule has 9 heteroatoms. The highest BCUT2D eigenvalue weighted by molar-refractivity contribution is 6.33. The Morgan fingerprint density at radius 3 is 2.70 bits per heavy atom. The molecule has 0 saturated carbocycles. The number of rotatable bonds is 3. The molecule has 0 fully saturated rings. The lowest BCUT2D eigenvalue weighted by Gasteiger charge is -2.06. The van der Waals surface area contributed by atoms with E-state index in [1.54, 1.807) is 4.68 Å². The predicted octanol–water partition coefficient (Wildman–Crippen LogP) is 1.69. The number of nitrogen functional groups attached to an aromatic ring is 1. The molecule has 0 amide bonds. The third kappa shape index (κ3) is 2.49. The molecule has 23 heavy (non-hydrogen) atoms. The quantitative estimate of drug-likeness (QED) is 0.575. The molecule has 4 aromatic rings. The van der Waals surface area contributed by atoms with Gasteiger partial charge in [0, 0.05) is 12.4 Å². The zero-order chi connectivity index (χ0) is 15.8. The van der Waals surface area contributed by atoms with Crippen LogP contribution in [0.3, 0.4) is 0 Å². The van der Waals surface area contributed by atoms with Crippen molar-refractivity contribution in [3.63, 3.8) is 0 Å². The van der Waals surface area contributed by atoms with Crippen LogP contribution in [-0.4, -0.2) is 34.5 Å². The molecule has 0 unspecified atom stereocenters. The molecule has 8 nitrogen and oxygen atoms in total. The van der Waals surface area contributed by atoms with E-state index < -0.39 is 0 Å². The van der Waals surface area contributed by atoms with Gasteiger partial charge in [-0.1, -0.05) is 22.9 Å². The molecule has 0 atom stereocenters. The summed E-state index contributed by atoms with van der Waals surface area (Å²) in [6, 6.07) is 9.67. The first-order valence-electron chi connectivity index (χ1n) is 6.82. The summed E-state index contributed by atoms with van der Waals surface area (Å²) < 4.78 is 3.53. The number of halogens is 1. The zero-order valence-electron chi connectivity index (χ0n) is 11.8. The van der Waals surface area contributed by atoms with Gasteiger partial charge in [0.25, 0.3) is 0 Å². The monoisotopic (exact) mass is 326 g/mol. The number of nitrogens with zero attached hydrogens (tertiary/aromatic N) is 7. The van der Waals surface area contributed by atoms with Crippen molar-refractivity contribution in [2.45, 2.75) is 6.54 Å². The maximum absolute atomic E-state index is 6.01. The van der Waals surface area contributed by atoms with E-state index in [9.17, 15) is 0 Å². The lowest BCUT2D eigenvalue weighted by Crippen LogP contribution is -2.07. The average Bonchev–Trinajstić information content (AvgIpc) is 3.18. The number of nitrogens with two attached hydrogens (primary N) is 1. The minimum absolute atomic E-state index is 0.0834. The predicted molar refractivity (Wildman–Crippen MR) is 85.2 cm³/mol. The standard InChI is InChI=1S/C14H11ClN8/c15-12-11-13(19-14(16)18-12)23(21-20-11)8-9-4-3-5-10(17-9)22-6-1-2-7-22/h1-7H,8H2,(H2,16,18,19). The second kappa shape index (κ2) is 5.33. The number of aromatic nitrogens is 7. The molecule has 0 aliphatic carbocycles. The molecule has 0 spiro atoms. The third-order valence-electron chi connectivity index (χ3n) is 3.31. The number of hydrogen-bond acceptors (Lipinski definition) is 6. The topological polar surface area (TPSA) is 100 Å². The normalized spacial score (nSPS) is 11.2. The molecule has 114 valence electrons. The number of anilines is 1. The van der Waals surface area contributed by atoms with Gasteiger partial charge in [0.2, 0.25) is 5.95 Å². The molecule has 0 aliphatic rings. The first-order valence-corrected chi connectivity index (χ1v) is 7.20. The van der Waals surface area contributed by atoms with Crippen LogP contribution in [0.15, 0.2) is 42.7 Å². The maximum Gasteiger partial charge on any atom is 0.223 e. The van der Waals surface area contributed by atoms with Crippen molar-refractivity contribution in [1.82, 2.24) is 34.5 Å². The van der Waals surface area contributed by atoms with Gasteiger partial charge in [-0.2, -0.15) is 9.97 Å². The van der Waals surface area contributed by atoms with Gasteiger partial charge in [-0.3, -0.25) is 0 Å². The first-order chi connectivity index (χ1) is 11.2. The molecule has 0 radical (unpaired) electrons. The van der Waals surface area contributed by atoms with Crippen LogP contribution in [0, 0.1) is 0 Å². The van der Waals surface area contributed by atoms with Gasteiger partial charge >= 0.3 is 0 Å². The molecular formula is C14H11ClN8. The van der Waals surface area contributed by atoms with Gasteiger partial charge in [-0.05, 0) is 24.3 Å². The number of fused-ring (bicyclic) bond motifs is 1. The van der Waals surface area contributed by atoms with E-state index in [0.717, 1.165) is 11.5 Å². The molecule has 4 aromatic heterocycles. The smallest absolute Gasteiger partial charge is 0.223 e. The van der Waals surface area contributed by atoms with Crippen molar-refractivity contribution in [1.29, 1.82) is 0 Å². The van der Waals surface area contributed by atoms with Gasteiger partial charge in [-0.25, -0.2) is 9.67 Å². The lowest BCUT2D eigenvalue weighted by molar-refractivity contribution is 0.651. The molecule has 4 heterocycles. The van der Waals surface area contributed by atoms with E-state index in [1.807, 2.05) is 47.3 Å². The van der Waals surface area contributed by atoms with Gasteiger partial charge in [0.15, 0.2) is 16.3 Å². The van der Waals surface area contributed by atoms with Crippen LogP contribution in [0.1, 0.15) is 5.69 Å². The van der Waals surface area contributed by atoms with Crippen molar-refractivity contribution in [2.75, 3.05) is 5.73 Å². The van der Waals surface area contributed by atoms with Crippen LogP contribution in [0.2, 0.25) is 5.15 Å². The minimum atomic E-state index is 0.0834. The Balaban J connectivity index is 1.73. The van der Waals surface area contributed by atoms with Gasteiger partial charge < -0.3 is 10.3 Å². The van der Waals surface area contributed by atoms with Crippen LogP contribution in [0.25, 0.3) is 17.0 Å². The Kier molecular flexibility index (Phi) is 3.16.